The van der Waals surface area contributed by atoms with Gasteiger partial charge in [0.05, 0.1) is 16.8 Å². The summed E-state index contributed by atoms with van der Waals surface area (Å²) in [6.45, 7) is 3.48. The number of amides is 1. The average molecular weight is 547 g/mol. The van der Waals surface area contributed by atoms with Crippen molar-refractivity contribution < 1.29 is 18.0 Å². The first kappa shape index (κ1) is 27.3. The summed E-state index contributed by atoms with van der Waals surface area (Å²) in [6, 6.07) is 14.6. The van der Waals surface area contributed by atoms with E-state index in [1.807, 2.05) is 26.1 Å². The summed E-state index contributed by atoms with van der Waals surface area (Å²) in [5, 5.41) is 5.77. The van der Waals surface area contributed by atoms with E-state index in [1.165, 1.54) is 6.07 Å². The monoisotopic (exact) mass is 546 g/mol. The van der Waals surface area contributed by atoms with Crippen LogP contribution in [0.3, 0.4) is 0 Å². The fourth-order valence-corrected chi connectivity index (χ4v) is 4.93. The molecule has 1 aliphatic rings. The molecule has 2 N–H and O–H groups in total. The van der Waals surface area contributed by atoms with Crippen molar-refractivity contribution in [1.82, 2.24) is 19.9 Å². The van der Waals surface area contributed by atoms with Crippen LogP contribution in [0.25, 0.3) is 11.3 Å². The van der Waals surface area contributed by atoms with Gasteiger partial charge in [-0.05, 0) is 92.9 Å². The van der Waals surface area contributed by atoms with Crippen molar-refractivity contribution in [3.63, 3.8) is 0 Å². The third-order valence-corrected chi connectivity index (χ3v) is 7.04. The van der Waals surface area contributed by atoms with Gasteiger partial charge in [0.1, 0.15) is 0 Å². The molecular formula is C30H29F3N6O. The van der Waals surface area contributed by atoms with E-state index in [1.54, 1.807) is 48.9 Å². The number of alkyl halides is 3. The maximum Gasteiger partial charge on any atom is 0.417 e. The van der Waals surface area contributed by atoms with Crippen molar-refractivity contribution in [2.45, 2.75) is 31.9 Å². The van der Waals surface area contributed by atoms with E-state index >= 15 is 0 Å². The minimum Gasteiger partial charge on any atom is -0.324 e. The molecule has 0 spiro atoms. The second-order valence-corrected chi connectivity index (χ2v) is 10.0. The first-order valence-electron chi connectivity index (χ1n) is 13.0. The number of likely N-dealkylation sites (tertiary alicyclic amines) is 1. The first-order valence-corrected chi connectivity index (χ1v) is 13.0. The summed E-state index contributed by atoms with van der Waals surface area (Å²) in [5.74, 6) is -0.498. The van der Waals surface area contributed by atoms with Gasteiger partial charge in [0, 0.05) is 42.1 Å². The lowest BCUT2D eigenvalue weighted by Crippen LogP contribution is -2.31. The summed E-state index contributed by atoms with van der Waals surface area (Å²) < 4.78 is 42.2. The van der Waals surface area contributed by atoms with Crippen LogP contribution in [0.4, 0.5) is 30.5 Å². The molecule has 10 heteroatoms. The highest BCUT2D eigenvalue weighted by molar-refractivity contribution is 6.05. The summed E-state index contributed by atoms with van der Waals surface area (Å²) >= 11 is 0. The Kier molecular flexibility index (Phi) is 7.79. The predicted molar refractivity (Wildman–Crippen MR) is 149 cm³/mol. The van der Waals surface area contributed by atoms with E-state index in [-0.39, 0.29) is 5.92 Å². The molecule has 4 aromatic rings. The van der Waals surface area contributed by atoms with Gasteiger partial charge >= 0.3 is 6.18 Å². The van der Waals surface area contributed by atoms with Crippen LogP contribution in [0.15, 0.2) is 73.2 Å². The van der Waals surface area contributed by atoms with Gasteiger partial charge in [-0.1, -0.05) is 12.1 Å². The van der Waals surface area contributed by atoms with Gasteiger partial charge in [-0.3, -0.25) is 9.78 Å². The molecule has 206 valence electrons. The number of hydrogen-bond donors (Lipinski definition) is 2. The Hall–Kier alpha value is -4.31. The molecule has 0 bridgehead atoms. The highest BCUT2D eigenvalue weighted by atomic mass is 19.4. The minimum atomic E-state index is -4.67. The first-order chi connectivity index (χ1) is 19.2. The second-order valence-electron chi connectivity index (χ2n) is 10.0. The molecular weight excluding hydrogens is 517 g/mol. The Morgan fingerprint density at radius 2 is 1.93 bits per heavy atom. The van der Waals surface area contributed by atoms with E-state index in [0.717, 1.165) is 36.6 Å². The fourth-order valence-electron chi connectivity index (χ4n) is 4.93. The summed E-state index contributed by atoms with van der Waals surface area (Å²) in [4.78, 5) is 28.1. The molecule has 2 aromatic heterocycles. The number of carbonyl (C=O) groups excluding carboxylic acids is 1. The number of anilines is 3. The maximum absolute atomic E-state index is 14.1. The summed E-state index contributed by atoms with van der Waals surface area (Å²) in [5.41, 5.74) is 2.55. The molecule has 40 heavy (non-hydrogen) atoms. The Balaban J connectivity index is 1.37. The van der Waals surface area contributed by atoms with Gasteiger partial charge in [0.15, 0.2) is 0 Å². The lowest BCUT2D eigenvalue weighted by molar-refractivity contribution is -0.138. The normalized spacial score (nSPS) is 16.0. The highest BCUT2D eigenvalue weighted by Crippen LogP contribution is 2.36. The smallest absolute Gasteiger partial charge is 0.324 e. The van der Waals surface area contributed by atoms with Crippen LogP contribution in [0.1, 0.15) is 45.8 Å². The molecule has 1 unspecified atom stereocenters. The maximum atomic E-state index is 14.1. The number of aryl methyl sites for hydroxylation is 1. The second kappa shape index (κ2) is 11.4. The number of likely N-dealkylation sites (N-methyl/N-ethyl adjacent to an activating group) is 1. The molecule has 3 heterocycles. The van der Waals surface area contributed by atoms with Crippen LogP contribution in [-0.2, 0) is 6.18 Å². The zero-order chi connectivity index (χ0) is 28.3. The molecule has 5 rings (SSSR count). The van der Waals surface area contributed by atoms with Gasteiger partial charge < -0.3 is 15.5 Å². The number of aromatic nitrogens is 3. The number of hydrogen-bond acceptors (Lipinski definition) is 6. The zero-order valence-electron chi connectivity index (χ0n) is 22.2. The van der Waals surface area contributed by atoms with Crippen molar-refractivity contribution in [2.24, 2.45) is 0 Å². The van der Waals surface area contributed by atoms with E-state index in [2.05, 4.69) is 30.5 Å². The van der Waals surface area contributed by atoms with E-state index in [9.17, 15) is 18.0 Å². The van der Waals surface area contributed by atoms with Crippen LogP contribution in [-0.4, -0.2) is 45.9 Å². The van der Waals surface area contributed by atoms with Crippen molar-refractivity contribution in [1.29, 1.82) is 0 Å². The quantitative estimate of drug-likeness (QED) is 0.281. The molecule has 1 saturated heterocycles. The largest absolute Gasteiger partial charge is 0.417 e. The standard InChI is InChI=1S/C30H29F3N6O/c1-19-7-9-23(16-27(19)38-29-35-13-11-26(37-29)21-5-3-12-34-17-21)36-28(40)24-10-8-20(15-25(24)30(31,32)33)22-6-4-14-39(2)18-22/h3,5,7-13,15-17,22H,4,6,14,18H2,1-2H3,(H,36,40)(H,35,37,38). The number of nitrogens with zero attached hydrogens (tertiary/aromatic N) is 4. The Morgan fingerprint density at radius 1 is 1.07 bits per heavy atom. The molecule has 0 radical (unpaired) electrons. The predicted octanol–water partition coefficient (Wildman–Crippen LogP) is 6.67. The average Bonchev–Trinajstić information content (AvgIpc) is 2.95. The van der Waals surface area contributed by atoms with Gasteiger partial charge in [-0.15, -0.1) is 0 Å². The number of nitrogens with one attached hydrogen (secondary N) is 2. The van der Waals surface area contributed by atoms with Gasteiger partial charge in [-0.2, -0.15) is 13.2 Å². The van der Waals surface area contributed by atoms with Crippen LogP contribution < -0.4 is 10.6 Å². The minimum absolute atomic E-state index is 0.00145. The van der Waals surface area contributed by atoms with E-state index in [0.29, 0.717) is 35.1 Å². The van der Waals surface area contributed by atoms with Crippen molar-refractivity contribution in [2.75, 3.05) is 30.8 Å². The van der Waals surface area contributed by atoms with Crippen LogP contribution >= 0.6 is 0 Å². The molecule has 2 aromatic carbocycles. The Morgan fingerprint density at radius 3 is 2.67 bits per heavy atom. The number of halogens is 3. The SMILES string of the molecule is Cc1ccc(NC(=O)c2ccc(C3CCCN(C)C3)cc2C(F)(F)F)cc1Nc1nccc(-c2cccnc2)n1. The summed E-state index contributed by atoms with van der Waals surface area (Å²) in [7, 11) is 1.97. The van der Waals surface area contributed by atoms with E-state index in [4.69, 9.17) is 0 Å². The summed E-state index contributed by atoms with van der Waals surface area (Å²) in [6.07, 6.45) is 2.07. The lowest BCUT2D eigenvalue weighted by atomic mass is 9.88. The van der Waals surface area contributed by atoms with Crippen molar-refractivity contribution >= 4 is 23.2 Å². The molecule has 1 aliphatic heterocycles. The Bertz CT molecular complexity index is 1510. The lowest BCUT2D eigenvalue weighted by Gasteiger charge is -2.30. The number of rotatable bonds is 6. The molecule has 1 amide bonds. The van der Waals surface area contributed by atoms with Crippen molar-refractivity contribution in [3.05, 3.63) is 95.4 Å². The van der Waals surface area contributed by atoms with Gasteiger partial charge in [0.25, 0.3) is 5.91 Å². The molecule has 7 nitrogen and oxygen atoms in total. The van der Waals surface area contributed by atoms with Gasteiger partial charge in [0.2, 0.25) is 5.95 Å². The third-order valence-electron chi connectivity index (χ3n) is 7.04. The fraction of sp³-hybridized carbons (Fsp3) is 0.267. The number of benzene rings is 2. The Labute approximate surface area is 230 Å². The molecule has 1 fully saturated rings. The van der Waals surface area contributed by atoms with Crippen molar-refractivity contribution in [3.8, 4) is 11.3 Å². The van der Waals surface area contributed by atoms with E-state index < -0.39 is 23.2 Å². The van der Waals surface area contributed by atoms with Crippen LogP contribution in [0.5, 0.6) is 0 Å². The number of pyridine rings is 1. The van der Waals surface area contributed by atoms with Crippen LogP contribution in [0, 0.1) is 6.92 Å². The molecule has 0 saturated carbocycles. The van der Waals surface area contributed by atoms with Crippen LogP contribution in [0.2, 0.25) is 0 Å². The third kappa shape index (κ3) is 6.28. The molecule has 0 aliphatic carbocycles. The highest BCUT2D eigenvalue weighted by Gasteiger charge is 2.36. The zero-order valence-corrected chi connectivity index (χ0v) is 22.2. The van der Waals surface area contributed by atoms with Gasteiger partial charge in [-0.25, -0.2) is 9.97 Å². The number of carbonyl (C=O) groups is 1. The topological polar surface area (TPSA) is 83.0 Å². The molecule has 1 atom stereocenters. The number of piperidine rings is 1.